The topological polar surface area (TPSA) is 147 Å². The molecule has 0 spiro atoms. The predicted molar refractivity (Wildman–Crippen MR) is 98.2 cm³/mol. The fourth-order valence-electron chi connectivity index (χ4n) is 2.09. The number of nitrogens with two attached hydrogens (primary N) is 1. The van der Waals surface area contributed by atoms with Gasteiger partial charge in [-0.1, -0.05) is 23.7 Å². The number of benzene rings is 2. The van der Waals surface area contributed by atoms with Gasteiger partial charge in [0.15, 0.2) is 0 Å². The molecule has 5 N–H and O–H groups in total. The molecule has 27 heavy (non-hydrogen) atoms. The van der Waals surface area contributed by atoms with Crippen LogP contribution < -0.4 is 21.3 Å². The summed E-state index contributed by atoms with van der Waals surface area (Å²) >= 11 is 5.81. The Bertz CT molecular complexity index is 1020. The fourth-order valence-corrected chi connectivity index (χ4v) is 3.05. The summed E-state index contributed by atoms with van der Waals surface area (Å²) in [5.41, 5.74) is 4.58. The lowest BCUT2D eigenvalue weighted by atomic mass is 10.2. The van der Waals surface area contributed by atoms with Crippen molar-refractivity contribution in [2.45, 2.75) is 11.8 Å². The molecule has 11 heteroatoms. The number of carbonyl (C=O) groups excluding carboxylic acids is 3. The molecule has 3 amide bonds. The molecule has 0 fully saturated rings. The van der Waals surface area contributed by atoms with Crippen LogP contribution in [0.1, 0.15) is 15.9 Å². The molecular weight excluding hydrogens is 396 g/mol. The maximum Gasteiger partial charge on any atom is 0.328 e. The zero-order valence-electron chi connectivity index (χ0n) is 13.9. The molecule has 0 aromatic heterocycles. The minimum atomic E-state index is -4.15. The third kappa shape index (κ3) is 5.26. The van der Waals surface area contributed by atoms with Gasteiger partial charge in [0.2, 0.25) is 10.0 Å². The third-order valence-electron chi connectivity index (χ3n) is 3.37. The lowest BCUT2D eigenvalue weighted by Gasteiger charge is -2.11. The van der Waals surface area contributed by atoms with Crippen LogP contribution in [0.4, 0.5) is 5.69 Å². The summed E-state index contributed by atoms with van der Waals surface area (Å²) in [6, 6.07) is 9.80. The maximum absolute atomic E-state index is 12.1. The van der Waals surface area contributed by atoms with E-state index in [0.29, 0.717) is 16.3 Å². The third-order valence-corrected chi connectivity index (χ3v) is 4.57. The van der Waals surface area contributed by atoms with Crippen molar-refractivity contribution >= 4 is 45.0 Å². The van der Waals surface area contributed by atoms with Crippen LogP contribution in [0.15, 0.2) is 47.4 Å². The van der Waals surface area contributed by atoms with Crippen LogP contribution in [0.5, 0.6) is 0 Å². The van der Waals surface area contributed by atoms with Crippen molar-refractivity contribution in [3.63, 3.8) is 0 Å². The van der Waals surface area contributed by atoms with Crippen LogP contribution in [0.25, 0.3) is 0 Å². The van der Waals surface area contributed by atoms with Crippen molar-refractivity contribution < 1.29 is 22.8 Å². The van der Waals surface area contributed by atoms with E-state index in [0.717, 1.165) is 6.07 Å². The normalized spacial score (nSPS) is 10.8. The molecule has 0 unspecified atom stereocenters. The number of hydrogen-bond acceptors (Lipinski definition) is 5. The summed E-state index contributed by atoms with van der Waals surface area (Å²) in [6.45, 7) is 1.69. The molecule has 2 aromatic carbocycles. The Morgan fingerprint density at radius 2 is 1.67 bits per heavy atom. The number of nitrogens with one attached hydrogen (secondary N) is 3. The van der Waals surface area contributed by atoms with E-state index in [2.05, 4.69) is 5.32 Å². The highest BCUT2D eigenvalue weighted by molar-refractivity contribution is 7.89. The lowest BCUT2D eigenvalue weighted by molar-refractivity contribution is -0.136. The van der Waals surface area contributed by atoms with Gasteiger partial charge in [-0.05, 0) is 42.8 Å². The molecule has 0 aliphatic carbocycles. The number of rotatable bonds is 3. The van der Waals surface area contributed by atoms with Gasteiger partial charge in [0.25, 0.3) is 5.91 Å². The van der Waals surface area contributed by atoms with Gasteiger partial charge in [-0.2, -0.15) is 0 Å². The Morgan fingerprint density at radius 1 is 1.00 bits per heavy atom. The molecule has 0 saturated heterocycles. The van der Waals surface area contributed by atoms with Crippen LogP contribution in [0.2, 0.25) is 5.02 Å². The van der Waals surface area contributed by atoms with Crippen LogP contribution >= 0.6 is 11.6 Å². The van der Waals surface area contributed by atoms with E-state index in [4.69, 9.17) is 16.7 Å². The maximum atomic E-state index is 12.1. The number of anilines is 1. The zero-order chi connectivity index (χ0) is 20.2. The molecule has 0 heterocycles. The van der Waals surface area contributed by atoms with Crippen molar-refractivity contribution in [2.24, 2.45) is 5.14 Å². The molecular formula is C16H15ClN4O5S. The SMILES string of the molecule is Cc1cc(Cl)ccc1NC(=O)C(=O)NNC(=O)c1ccccc1S(N)(=O)=O. The van der Waals surface area contributed by atoms with E-state index in [1.54, 1.807) is 13.0 Å². The quantitative estimate of drug-likeness (QED) is 0.434. The van der Waals surface area contributed by atoms with Gasteiger partial charge < -0.3 is 5.32 Å². The van der Waals surface area contributed by atoms with Gasteiger partial charge in [-0.3, -0.25) is 25.2 Å². The van der Waals surface area contributed by atoms with Crippen molar-refractivity contribution in [2.75, 3.05) is 5.32 Å². The minimum Gasteiger partial charge on any atom is -0.317 e. The summed E-state index contributed by atoms with van der Waals surface area (Å²) in [5.74, 6) is -3.16. The second kappa shape index (κ2) is 8.16. The predicted octanol–water partition coefficient (Wildman–Crippen LogP) is 0.696. The highest BCUT2D eigenvalue weighted by Gasteiger charge is 2.20. The Kier molecular flexibility index (Phi) is 6.16. The molecule has 0 saturated carbocycles. The van der Waals surface area contributed by atoms with Gasteiger partial charge in [0.1, 0.15) is 0 Å². The first-order valence-corrected chi connectivity index (χ1v) is 9.31. The Morgan fingerprint density at radius 3 is 2.30 bits per heavy atom. The molecule has 142 valence electrons. The summed E-state index contributed by atoms with van der Waals surface area (Å²) in [7, 11) is -4.15. The number of primary sulfonamides is 1. The monoisotopic (exact) mass is 410 g/mol. The van der Waals surface area contributed by atoms with Gasteiger partial charge in [-0.15, -0.1) is 0 Å². The van der Waals surface area contributed by atoms with Crippen LogP contribution in [0, 0.1) is 6.92 Å². The summed E-state index contributed by atoms with van der Waals surface area (Å²) in [4.78, 5) is 35.4. The fraction of sp³-hybridized carbons (Fsp3) is 0.0625. The number of halogens is 1. The number of carbonyl (C=O) groups is 3. The van der Waals surface area contributed by atoms with Crippen LogP contribution in [0.3, 0.4) is 0 Å². The second-order valence-corrected chi connectivity index (χ2v) is 7.33. The average Bonchev–Trinajstić information content (AvgIpc) is 2.60. The summed E-state index contributed by atoms with van der Waals surface area (Å²) in [5, 5.41) is 7.87. The first-order valence-electron chi connectivity index (χ1n) is 7.39. The molecule has 0 radical (unpaired) electrons. The van der Waals surface area contributed by atoms with Crippen molar-refractivity contribution in [1.82, 2.24) is 10.9 Å². The molecule has 0 atom stereocenters. The number of hydrazine groups is 1. The van der Waals surface area contributed by atoms with Crippen LogP contribution in [-0.4, -0.2) is 26.1 Å². The smallest absolute Gasteiger partial charge is 0.317 e. The summed E-state index contributed by atoms with van der Waals surface area (Å²) < 4.78 is 23.0. The molecule has 0 bridgehead atoms. The van der Waals surface area contributed by atoms with Gasteiger partial charge >= 0.3 is 11.8 Å². The van der Waals surface area contributed by atoms with Crippen molar-refractivity contribution in [3.8, 4) is 0 Å². The first kappa shape index (κ1) is 20.4. The van der Waals surface area contributed by atoms with Crippen molar-refractivity contribution in [1.29, 1.82) is 0 Å². The largest absolute Gasteiger partial charge is 0.328 e. The van der Waals surface area contributed by atoms with E-state index in [-0.39, 0.29) is 5.56 Å². The number of aryl methyl sites for hydroxylation is 1. The summed E-state index contributed by atoms with van der Waals surface area (Å²) in [6.07, 6.45) is 0. The van der Waals surface area contributed by atoms with Gasteiger partial charge in [0.05, 0.1) is 10.5 Å². The highest BCUT2D eigenvalue weighted by Crippen LogP contribution is 2.19. The Hall–Kier alpha value is -2.95. The van der Waals surface area contributed by atoms with Crippen LogP contribution in [-0.2, 0) is 19.6 Å². The first-order chi connectivity index (χ1) is 12.6. The van der Waals surface area contributed by atoms with E-state index in [1.807, 2.05) is 10.9 Å². The molecule has 2 aromatic rings. The van der Waals surface area contributed by atoms with Gasteiger partial charge in [0, 0.05) is 10.7 Å². The van der Waals surface area contributed by atoms with Crippen molar-refractivity contribution in [3.05, 3.63) is 58.6 Å². The molecule has 0 aliphatic heterocycles. The molecule has 0 aliphatic rings. The van der Waals surface area contributed by atoms with E-state index in [1.165, 1.54) is 30.3 Å². The lowest BCUT2D eigenvalue weighted by Crippen LogP contribution is -2.47. The molecule has 9 nitrogen and oxygen atoms in total. The average molecular weight is 411 g/mol. The Labute approximate surface area is 159 Å². The van der Waals surface area contributed by atoms with E-state index >= 15 is 0 Å². The highest BCUT2D eigenvalue weighted by atomic mass is 35.5. The van der Waals surface area contributed by atoms with Gasteiger partial charge in [-0.25, -0.2) is 13.6 Å². The number of amides is 3. The zero-order valence-corrected chi connectivity index (χ0v) is 15.5. The standard InChI is InChI=1S/C16H15ClN4O5S/c1-9-8-10(17)6-7-12(9)19-15(23)16(24)21-20-14(22)11-4-2-3-5-13(11)27(18,25)26/h2-8H,1H3,(H,19,23)(H,20,22)(H,21,24)(H2,18,25,26). The minimum absolute atomic E-state index is 0.283. The second-order valence-electron chi connectivity index (χ2n) is 5.36. The number of hydrogen-bond donors (Lipinski definition) is 4. The molecule has 2 rings (SSSR count). The number of sulfonamides is 1. The van der Waals surface area contributed by atoms with E-state index in [9.17, 15) is 22.8 Å². The van der Waals surface area contributed by atoms with E-state index < -0.39 is 32.6 Å². The Balaban J connectivity index is 2.03.